The first kappa shape index (κ1) is 19.5. The number of carbonyl (C=O) groups is 1. The Morgan fingerprint density at radius 1 is 1.00 bits per heavy atom. The van der Waals surface area contributed by atoms with Gasteiger partial charge in [0.05, 0.1) is 12.5 Å². The van der Waals surface area contributed by atoms with Crippen LogP contribution in [0.4, 0.5) is 0 Å². The van der Waals surface area contributed by atoms with E-state index < -0.39 is 0 Å². The van der Waals surface area contributed by atoms with Gasteiger partial charge in [0.2, 0.25) is 0 Å². The standard InChI is InChI=1S/C24H36O2/c1-4-5-18-6-8-19(9-7-18)20-10-12-21(13-11-20)22-14-16-24(2,17-15-22)23(25)26-3/h6-9,20-22H,4-5,10-17H2,1-3H3. The second-order valence-electron chi connectivity index (χ2n) is 8.99. The molecule has 2 aliphatic rings. The van der Waals surface area contributed by atoms with E-state index in [1.807, 2.05) is 0 Å². The lowest BCUT2D eigenvalue weighted by atomic mass is 9.64. The Hall–Kier alpha value is -1.31. The summed E-state index contributed by atoms with van der Waals surface area (Å²) in [6.07, 6.45) is 12.2. The van der Waals surface area contributed by atoms with Crippen LogP contribution in [0.15, 0.2) is 24.3 Å². The molecule has 0 saturated heterocycles. The molecule has 1 aromatic carbocycles. The maximum Gasteiger partial charge on any atom is 0.311 e. The molecule has 26 heavy (non-hydrogen) atoms. The molecule has 0 bridgehead atoms. The van der Waals surface area contributed by atoms with Crippen molar-refractivity contribution >= 4 is 5.97 Å². The van der Waals surface area contributed by atoms with E-state index in [0.717, 1.165) is 30.6 Å². The van der Waals surface area contributed by atoms with Crippen LogP contribution in [0.1, 0.15) is 88.7 Å². The number of esters is 1. The Morgan fingerprint density at radius 3 is 2.12 bits per heavy atom. The van der Waals surface area contributed by atoms with Gasteiger partial charge in [-0.2, -0.15) is 0 Å². The van der Waals surface area contributed by atoms with Crippen molar-refractivity contribution in [3.05, 3.63) is 35.4 Å². The molecule has 0 amide bonds. The van der Waals surface area contributed by atoms with E-state index in [1.165, 1.54) is 64.0 Å². The summed E-state index contributed by atoms with van der Waals surface area (Å²) in [7, 11) is 1.52. The average Bonchev–Trinajstić information content (AvgIpc) is 2.69. The normalized spacial score (nSPS) is 32.2. The van der Waals surface area contributed by atoms with E-state index in [4.69, 9.17) is 4.74 Å². The molecule has 144 valence electrons. The first-order chi connectivity index (χ1) is 12.6. The van der Waals surface area contributed by atoms with E-state index in [9.17, 15) is 4.79 Å². The van der Waals surface area contributed by atoms with E-state index >= 15 is 0 Å². The largest absolute Gasteiger partial charge is 0.469 e. The van der Waals surface area contributed by atoms with Gasteiger partial charge in [0.25, 0.3) is 0 Å². The van der Waals surface area contributed by atoms with Gasteiger partial charge in [0.15, 0.2) is 0 Å². The van der Waals surface area contributed by atoms with Crippen molar-refractivity contribution in [1.82, 2.24) is 0 Å². The number of methoxy groups -OCH3 is 1. The van der Waals surface area contributed by atoms with Crippen molar-refractivity contribution in [1.29, 1.82) is 0 Å². The quantitative estimate of drug-likeness (QED) is 0.580. The summed E-state index contributed by atoms with van der Waals surface area (Å²) in [5, 5.41) is 0. The van der Waals surface area contributed by atoms with Crippen molar-refractivity contribution in [3.63, 3.8) is 0 Å². The number of carbonyl (C=O) groups excluding carboxylic acids is 1. The Balaban J connectivity index is 1.49. The molecule has 3 rings (SSSR count). The number of benzene rings is 1. The van der Waals surface area contributed by atoms with Gasteiger partial charge in [-0.1, -0.05) is 37.6 Å². The van der Waals surface area contributed by atoms with Gasteiger partial charge in [-0.15, -0.1) is 0 Å². The van der Waals surface area contributed by atoms with Gasteiger partial charge in [-0.25, -0.2) is 0 Å². The summed E-state index contributed by atoms with van der Waals surface area (Å²) in [6, 6.07) is 9.41. The molecule has 2 aliphatic carbocycles. The molecule has 0 aliphatic heterocycles. The molecule has 0 N–H and O–H groups in total. The highest BCUT2D eigenvalue weighted by molar-refractivity contribution is 5.76. The fourth-order valence-electron chi connectivity index (χ4n) is 5.37. The minimum Gasteiger partial charge on any atom is -0.469 e. The van der Waals surface area contributed by atoms with Gasteiger partial charge in [0.1, 0.15) is 0 Å². The molecule has 0 atom stereocenters. The summed E-state index contributed by atoms with van der Waals surface area (Å²) in [6.45, 7) is 4.34. The molecule has 2 fully saturated rings. The highest BCUT2D eigenvalue weighted by atomic mass is 16.5. The second kappa shape index (κ2) is 8.59. The second-order valence-corrected chi connectivity index (χ2v) is 8.99. The van der Waals surface area contributed by atoms with Gasteiger partial charge in [0, 0.05) is 0 Å². The zero-order valence-corrected chi connectivity index (χ0v) is 16.9. The number of aryl methyl sites for hydroxylation is 1. The summed E-state index contributed by atoms with van der Waals surface area (Å²) in [4.78, 5) is 12.0. The molecule has 0 unspecified atom stereocenters. The number of ether oxygens (including phenoxy) is 1. The molecule has 0 radical (unpaired) electrons. The molecule has 0 aromatic heterocycles. The van der Waals surface area contributed by atoms with Crippen LogP contribution >= 0.6 is 0 Å². The maximum atomic E-state index is 12.0. The lowest BCUT2D eigenvalue weighted by Crippen LogP contribution is -2.36. The van der Waals surface area contributed by atoms with Crippen LogP contribution in [0.25, 0.3) is 0 Å². The average molecular weight is 357 g/mol. The predicted molar refractivity (Wildman–Crippen MR) is 107 cm³/mol. The number of hydrogen-bond donors (Lipinski definition) is 0. The van der Waals surface area contributed by atoms with Crippen LogP contribution in [0.2, 0.25) is 0 Å². The lowest BCUT2D eigenvalue weighted by molar-refractivity contribution is -0.154. The van der Waals surface area contributed by atoms with Crippen molar-refractivity contribution in [2.45, 2.75) is 84.0 Å². The maximum absolute atomic E-state index is 12.0. The lowest BCUT2D eigenvalue weighted by Gasteiger charge is -2.40. The number of hydrogen-bond acceptors (Lipinski definition) is 2. The minimum absolute atomic E-state index is 0.00817. The molecule has 0 heterocycles. The van der Waals surface area contributed by atoms with E-state index in [1.54, 1.807) is 5.56 Å². The minimum atomic E-state index is -0.233. The summed E-state index contributed by atoms with van der Waals surface area (Å²) >= 11 is 0. The zero-order valence-electron chi connectivity index (χ0n) is 16.9. The third kappa shape index (κ3) is 4.32. The fraction of sp³-hybridized carbons (Fsp3) is 0.708. The Bertz CT molecular complexity index is 573. The van der Waals surface area contributed by atoms with Gasteiger partial charge in [-0.3, -0.25) is 4.79 Å². The molecule has 2 saturated carbocycles. The van der Waals surface area contributed by atoms with Crippen LogP contribution in [0.3, 0.4) is 0 Å². The van der Waals surface area contributed by atoms with Crippen LogP contribution in [-0.4, -0.2) is 13.1 Å². The summed E-state index contributed by atoms with van der Waals surface area (Å²) < 4.78 is 5.02. The predicted octanol–water partition coefficient (Wildman–Crippen LogP) is 6.28. The molecular formula is C24H36O2. The molecule has 0 spiro atoms. The van der Waals surface area contributed by atoms with Crippen LogP contribution in [-0.2, 0) is 16.0 Å². The first-order valence-electron chi connectivity index (χ1n) is 10.7. The molecule has 2 heteroatoms. The highest BCUT2D eigenvalue weighted by Crippen LogP contribution is 2.47. The summed E-state index contributed by atoms with van der Waals surface area (Å²) in [5.41, 5.74) is 2.79. The number of rotatable bonds is 5. The Kier molecular flexibility index (Phi) is 6.42. The SMILES string of the molecule is CCCc1ccc(C2CCC(C3CCC(C)(C(=O)OC)CC3)CC2)cc1. The Morgan fingerprint density at radius 2 is 1.58 bits per heavy atom. The fourth-order valence-corrected chi connectivity index (χ4v) is 5.37. The van der Waals surface area contributed by atoms with Crippen molar-refractivity contribution in [3.8, 4) is 0 Å². The zero-order chi connectivity index (χ0) is 18.6. The molecule has 1 aromatic rings. The Labute approximate surface area is 159 Å². The monoisotopic (exact) mass is 356 g/mol. The van der Waals surface area contributed by atoms with Crippen molar-refractivity contribution in [2.75, 3.05) is 7.11 Å². The van der Waals surface area contributed by atoms with Gasteiger partial charge < -0.3 is 4.74 Å². The third-order valence-corrected chi connectivity index (χ3v) is 7.24. The molecular weight excluding hydrogens is 320 g/mol. The van der Waals surface area contributed by atoms with E-state index in [-0.39, 0.29) is 11.4 Å². The smallest absolute Gasteiger partial charge is 0.311 e. The van der Waals surface area contributed by atoms with E-state index in [0.29, 0.717) is 0 Å². The van der Waals surface area contributed by atoms with Crippen molar-refractivity contribution < 1.29 is 9.53 Å². The highest BCUT2D eigenvalue weighted by Gasteiger charge is 2.40. The summed E-state index contributed by atoms with van der Waals surface area (Å²) in [5.74, 6) is 2.44. The molecule has 2 nitrogen and oxygen atoms in total. The first-order valence-corrected chi connectivity index (χ1v) is 10.7. The van der Waals surface area contributed by atoms with Crippen molar-refractivity contribution in [2.24, 2.45) is 17.3 Å². The van der Waals surface area contributed by atoms with Crippen LogP contribution < -0.4 is 0 Å². The van der Waals surface area contributed by atoms with Crippen LogP contribution in [0, 0.1) is 17.3 Å². The van der Waals surface area contributed by atoms with Gasteiger partial charge >= 0.3 is 5.97 Å². The van der Waals surface area contributed by atoms with Crippen LogP contribution in [0.5, 0.6) is 0 Å². The van der Waals surface area contributed by atoms with Gasteiger partial charge in [-0.05, 0) is 93.6 Å². The third-order valence-electron chi connectivity index (χ3n) is 7.24. The van der Waals surface area contributed by atoms with E-state index in [2.05, 4.69) is 38.1 Å². The topological polar surface area (TPSA) is 26.3 Å².